The fourth-order valence-electron chi connectivity index (χ4n) is 2.45. The Kier molecular flexibility index (Phi) is 6.58. The van der Waals surface area contributed by atoms with E-state index < -0.39 is 10.7 Å². The van der Waals surface area contributed by atoms with Crippen LogP contribution in [0.4, 0.5) is 15.8 Å². The van der Waals surface area contributed by atoms with Gasteiger partial charge in [-0.2, -0.15) is 0 Å². The van der Waals surface area contributed by atoms with Gasteiger partial charge in [-0.15, -0.1) is 11.8 Å². The van der Waals surface area contributed by atoms with Crippen LogP contribution in [0.2, 0.25) is 0 Å². The molecule has 2 heterocycles. The first-order valence-electron chi connectivity index (χ1n) is 8.30. The summed E-state index contributed by atoms with van der Waals surface area (Å²) >= 11 is 4.79. The standard InChI is InChI=1S/C19H16BrFN4O2S/c1-12-18(20)19(17(10-22-12)25(26)27)24-9-16-15(21)7-14(8-23-16)28-11-13-5-3-2-4-6-13/h2-8,10H,9,11H2,1H3,(H,22,24). The molecule has 0 atom stereocenters. The minimum absolute atomic E-state index is 0.0123. The van der Waals surface area contributed by atoms with Crippen LogP contribution >= 0.6 is 27.7 Å². The van der Waals surface area contributed by atoms with Gasteiger partial charge in [-0.3, -0.25) is 20.1 Å². The lowest BCUT2D eigenvalue weighted by atomic mass is 10.2. The number of anilines is 1. The number of rotatable bonds is 7. The number of nitrogens with one attached hydrogen (secondary N) is 1. The van der Waals surface area contributed by atoms with E-state index in [9.17, 15) is 14.5 Å². The van der Waals surface area contributed by atoms with Crippen LogP contribution in [0.5, 0.6) is 0 Å². The number of hydrogen-bond acceptors (Lipinski definition) is 6. The van der Waals surface area contributed by atoms with E-state index in [2.05, 4.69) is 31.2 Å². The van der Waals surface area contributed by atoms with Gasteiger partial charge in [0.25, 0.3) is 0 Å². The van der Waals surface area contributed by atoms with Gasteiger partial charge in [0.2, 0.25) is 0 Å². The summed E-state index contributed by atoms with van der Waals surface area (Å²) in [6, 6.07) is 11.3. The zero-order valence-corrected chi connectivity index (χ0v) is 17.3. The SMILES string of the molecule is Cc1ncc([N+](=O)[O-])c(NCc2ncc(SCc3ccccc3)cc2F)c1Br. The molecule has 3 rings (SSSR count). The Bertz CT molecular complexity index is 1000. The van der Waals surface area contributed by atoms with E-state index in [-0.39, 0.29) is 23.6 Å². The Balaban J connectivity index is 1.71. The molecule has 1 aromatic carbocycles. The van der Waals surface area contributed by atoms with E-state index in [0.29, 0.717) is 10.2 Å². The highest BCUT2D eigenvalue weighted by Crippen LogP contribution is 2.34. The van der Waals surface area contributed by atoms with Crippen molar-refractivity contribution in [3.05, 3.63) is 86.1 Å². The third kappa shape index (κ3) is 4.85. The van der Waals surface area contributed by atoms with Crippen LogP contribution in [-0.4, -0.2) is 14.9 Å². The van der Waals surface area contributed by atoms with Crippen molar-refractivity contribution < 1.29 is 9.31 Å². The highest BCUT2D eigenvalue weighted by Gasteiger charge is 2.20. The number of nitro groups is 1. The van der Waals surface area contributed by atoms with Crippen molar-refractivity contribution in [2.45, 2.75) is 24.1 Å². The highest BCUT2D eigenvalue weighted by molar-refractivity contribution is 9.10. The molecule has 0 saturated carbocycles. The van der Waals surface area contributed by atoms with E-state index in [1.165, 1.54) is 24.0 Å². The second-order valence-electron chi connectivity index (χ2n) is 5.90. The van der Waals surface area contributed by atoms with E-state index in [1.54, 1.807) is 13.1 Å². The molecule has 1 N–H and O–H groups in total. The summed E-state index contributed by atoms with van der Waals surface area (Å²) in [4.78, 5) is 19.5. The van der Waals surface area contributed by atoms with E-state index in [4.69, 9.17) is 0 Å². The third-order valence-electron chi connectivity index (χ3n) is 3.94. The predicted octanol–water partition coefficient (Wildman–Crippen LogP) is 5.50. The number of benzene rings is 1. The molecule has 0 saturated heterocycles. The first-order valence-corrected chi connectivity index (χ1v) is 10.1. The summed E-state index contributed by atoms with van der Waals surface area (Å²) in [6.45, 7) is 1.73. The average Bonchev–Trinajstić information content (AvgIpc) is 2.69. The molecule has 0 fully saturated rings. The van der Waals surface area contributed by atoms with Crippen LogP contribution in [0.25, 0.3) is 0 Å². The van der Waals surface area contributed by atoms with Gasteiger partial charge in [0.05, 0.1) is 27.3 Å². The fourth-order valence-corrected chi connectivity index (χ4v) is 3.74. The first-order chi connectivity index (χ1) is 13.5. The van der Waals surface area contributed by atoms with Gasteiger partial charge in [-0.25, -0.2) is 4.39 Å². The molecule has 0 aliphatic rings. The Morgan fingerprint density at radius 1 is 1.25 bits per heavy atom. The summed E-state index contributed by atoms with van der Waals surface area (Å²) in [5.41, 5.74) is 1.98. The molecule has 0 bridgehead atoms. The lowest BCUT2D eigenvalue weighted by Crippen LogP contribution is -2.08. The number of aryl methyl sites for hydroxylation is 1. The molecule has 144 valence electrons. The van der Waals surface area contributed by atoms with Gasteiger partial charge < -0.3 is 5.32 Å². The Labute approximate surface area is 173 Å². The highest BCUT2D eigenvalue weighted by atomic mass is 79.9. The average molecular weight is 463 g/mol. The van der Waals surface area contributed by atoms with Gasteiger partial charge in [-0.05, 0) is 34.5 Å². The summed E-state index contributed by atoms with van der Waals surface area (Å²) in [7, 11) is 0. The van der Waals surface area contributed by atoms with Crippen molar-refractivity contribution >= 4 is 39.1 Å². The van der Waals surface area contributed by atoms with Crippen molar-refractivity contribution in [1.29, 1.82) is 0 Å². The molecular formula is C19H16BrFN4O2S. The molecule has 2 aromatic heterocycles. The number of aromatic nitrogens is 2. The summed E-state index contributed by atoms with van der Waals surface area (Å²) in [6.07, 6.45) is 2.78. The van der Waals surface area contributed by atoms with Crippen LogP contribution in [0.15, 0.2) is 58.2 Å². The van der Waals surface area contributed by atoms with E-state index in [1.807, 2.05) is 30.3 Å². The van der Waals surface area contributed by atoms with E-state index in [0.717, 1.165) is 16.2 Å². The maximum Gasteiger partial charge on any atom is 0.311 e. The molecule has 9 heteroatoms. The fraction of sp³-hybridized carbons (Fsp3) is 0.158. The van der Waals surface area contributed by atoms with Crippen molar-refractivity contribution in [1.82, 2.24) is 9.97 Å². The number of nitrogens with zero attached hydrogens (tertiary/aromatic N) is 3. The molecule has 6 nitrogen and oxygen atoms in total. The second kappa shape index (κ2) is 9.11. The van der Waals surface area contributed by atoms with Crippen LogP contribution in [0.1, 0.15) is 17.0 Å². The van der Waals surface area contributed by atoms with Crippen molar-refractivity contribution in [2.75, 3.05) is 5.32 Å². The zero-order chi connectivity index (χ0) is 20.1. The molecule has 0 aliphatic carbocycles. The lowest BCUT2D eigenvalue weighted by Gasteiger charge is -2.11. The predicted molar refractivity (Wildman–Crippen MR) is 111 cm³/mol. The molecule has 3 aromatic rings. The van der Waals surface area contributed by atoms with Crippen molar-refractivity contribution in [3.8, 4) is 0 Å². The van der Waals surface area contributed by atoms with Crippen LogP contribution in [0, 0.1) is 22.9 Å². The van der Waals surface area contributed by atoms with Gasteiger partial charge in [0.1, 0.15) is 17.7 Å². The van der Waals surface area contributed by atoms with Crippen LogP contribution in [-0.2, 0) is 12.3 Å². The third-order valence-corrected chi connectivity index (χ3v) is 5.95. The minimum atomic E-state index is -0.535. The number of thioether (sulfide) groups is 1. The second-order valence-corrected chi connectivity index (χ2v) is 7.74. The van der Waals surface area contributed by atoms with Gasteiger partial charge in [-0.1, -0.05) is 30.3 Å². The van der Waals surface area contributed by atoms with Gasteiger partial charge in [0, 0.05) is 16.8 Å². The number of hydrogen-bond donors (Lipinski definition) is 1. The molecule has 28 heavy (non-hydrogen) atoms. The van der Waals surface area contributed by atoms with Crippen molar-refractivity contribution in [3.63, 3.8) is 0 Å². The summed E-state index contributed by atoms with van der Waals surface area (Å²) in [5.74, 6) is 0.254. The quantitative estimate of drug-likeness (QED) is 0.283. The van der Waals surface area contributed by atoms with Crippen LogP contribution < -0.4 is 5.32 Å². The van der Waals surface area contributed by atoms with Crippen molar-refractivity contribution in [2.24, 2.45) is 0 Å². The number of halogens is 2. The maximum absolute atomic E-state index is 14.4. The largest absolute Gasteiger partial charge is 0.373 e. The molecule has 0 amide bonds. The molecule has 0 aliphatic heterocycles. The smallest absolute Gasteiger partial charge is 0.311 e. The maximum atomic E-state index is 14.4. The topological polar surface area (TPSA) is 81.0 Å². The first kappa shape index (κ1) is 20.2. The zero-order valence-electron chi connectivity index (χ0n) is 14.9. The summed E-state index contributed by atoms with van der Waals surface area (Å²) in [5, 5.41) is 14.1. The molecule has 0 unspecified atom stereocenters. The Morgan fingerprint density at radius 2 is 2.00 bits per heavy atom. The lowest BCUT2D eigenvalue weighted by molar-refractivity contribution is -0.384. The summed E-state index contributed by atoms with van der Waals surface area (Å²) < 4.78 is 14.9. The van der Waals surface area contributed by atoms with Gasteiger partial charge >= 0.3 is 5.69 Å². The molecule has 0 spiro atoms. The minimum Gasteiger partial charge on any atom is -0.373 e. The number of pyridine rings is 2. The molecule has 0 radical (unpaired) electrons. The van der Waals surface area contributed by atoms with Gasteiger partial charge in [0.15, 0.2) is 0 Å². The normalized spacial score (nSPS) is 10.7. The van der Waals surface area contributed by atoms with E-state index >= 15 is 0 Å². The Hall–Kier alpha value is -2.52. The Morgan fingerprint density at radius 3 is 2.68 bits per heavy atom. The van der Waals surface area contributed by atoms with Crippen LogP contribution in [0.3, 0.4) is 0 Å². The molecular weight excluding hydrogens is 447 g/mol. The monoisotopic (exact) mass is 462 g/mol.